The van der Waals surface area contributed by atoms with E-state index in [9.17, 15) is 0 Å². The Morgan fingerprint density at radius 1 is 1.18 bits per heavy atom. The van der Waals surface area contributed by atoms with Crippen molar-refractivity contribution in [2.24, 2.45) is 0 Å². The zero-order chi connectivity index (χ0) is 13.1. The molecule has 0 saturated carbocycles. The molecular formula is C13H23N3S. The molecule has 96 valence electrons. The van der Waals surface area contributed by atoms with Gasteiger partial charge in [0, 0.05) is 17.5 Å². The molecule has 0 unspecified atom stereocenters. The fraction of sp³-hybridized carbons (Fsp3) is 0.692. The topological polar surface area (TPSA) is 37.8 Å². The number of rotatable bonds is 4. The van der Waals surface area contributed by atoms with Gasteiger partial charge in [-0.3, -0.25) is 0 Å². The zero-order valence-corrected chi connectivity index (χ0v) is 12.5. The van der Waals surface area contributed by atoms with Gasteiger partial charge >= 0.3 is 0 Å². The molecule has 0 amide bonds. The van der Waals surface area contributed by atoms with Gasteiger partial charge in [0.2, 0.25) is 0 Å². The van der Waals surface area contributed by atoms with Crippen LogP contribution >= 0.6 is 11.8 Å². The lowest BCUT2D eigenvalue weighted by Crippen LogP contribution is -2.18. The Morgan fingerprint density at radius 2 is 1.82 bits per heavy atom. The first-order valence-corrected chi connectivity index (χ1v) is 7.14. The molecule has 0 bridgehead atoms. The molecule has 4 heteroatoms. The average Bonchev–Trinajstić information content (AvgIpc) is 2.22. The molecule has 17 heavy (non-hydrogen) atoms. The monoisotopic (exact) mass is 253 g/mol. The molecule has 3 nitrogen and oxygen atoms in total. The molecule has 0 saturated heterocycles. The Bertz CT molecular complexity index is 356. The maximum absolute atomic E-state index is 4.69. The van der Waals surface area contributed by atoms with Gasteiger partial charge in [-0.25, -0.2) is 9.97 Å². The Kier molecular flexibility index (Phi) is 4.80. The highest BCUT2D eigenvalue weighted by Crippen LogP contribution is 2.28. The summed E-state index contributed by atoms with van der Waals surface area (Å²) < 4.78 is 0. The van der Waals surface area contributed by atoms with E-state index in [0.717, 1.165) is 34.5 Å². The van der Waals surface area contributed by atoms with Crippen molar-refractivity contribution in [3.8, 4) is 0 Å². The minimum Gasteiger partial charge on any atom is -0.370 e. The van der Waals surface area contributed by atoms with E-state index in [0.29, 0.717) is 0 Å². The Morgan fingerprint density at radius 3 is 2.29 bits per heavy atom. The first-order chi connectivity index (χ1) is 7.90. The van der Waals surface area contributed by atoms with Gasteiger partial charge in [0.15, 0.2) is 0 Å². The van der Waals surface area contributed by atoms with Crippen LogP contribution in [0.25, 0.3) is 0 Å². The third kappa shape index (κ3) is 3.60. The second-order valence-corrected chi connectivity index (χ2v) is 6.29. The molecule has 0 aromatic carbocycles. The molecule has 0 radical (unpaired) electrons. The predicted octanol–water partition coefficient (Wildman–Crippen LogP) is 3.63. The summed E-state index contributed by atoms with van der Waals surface area (Å²) in [6.07, 6.45) is 0. The largest absolute Gasteiger partial charge is 0.370 e. The van der Waals surface area contributed by atoms with E-state index in [1.54, 1.807) is 11.8 Å². The average molecular weight is 253 g/mol. The van der Waals surface area contributed by atoms with Gasteiger partial charge in [-0.2, -0.15) is 0 Å². The number of hydrogen-bond donors (Lipinski definition) is 1. The minimum absolute atomic E-state index is 0.0130. The van der Waals surface area contributed by atoms with Gasteiger partial charge in [0.05, 0.1) is 0 Å². The second kappa shape index (κ2) is 5.71. The molecule has 0 atom stereocenters. The summed E-state index contributed by atoms with van der Waals surface area (Å²) in [6, 6.07) is 0. The molecule has 1 aromatic rings. The molecule has 0 spiro atoms. The summed E-state index contributed by atoms with van der Waals surface area (Å²) in [5.74, 6) is 2.92. The molecule has 1 heterocycles. The minimum atomic E-state index is -0.0130. The van der Waals surface area contributed by atoms with Crippen molar-refractivity contribution in [3.05, 3.63) is 11.4 Å². The van der Waals surface area contributed by atoms with E-state index in [1.807, 2.05) is 0 Å². The Labute approximate surface area is 109 Å². The van der Waals surface area contributed by atoms with E-state index in [4.69, 9.17) is 0 Å². The summed E-state index contributed by atoms with van der Waals surface area (Å²) in [6.45, 7) is 13.6. The van der Waals surface area contributed by atoms with Crippen LogP contribution in [0, 0.1) is 6.92 Å². The maximum atomic E-state index is 4.69. The summed E-state index contributed by atoms with van der Waals surface area (Å²) in [4.78, 5) is 9.33. The number of hydrogen-bond acceptors (Lipinski definition) is 4. The van der Waals surface area contributed by atoms with Crippen molar-refractivity contribution in [2.75, 3.05) is 17.6 Å². The van der Waals surface area contributed by atoms with E-state index in [1.165, 1.54) is 0 Å². The molecule has 1 rings (SSSR count). The molecule has 1 aromatic heterocycles. The van der Waals surface area contributed by atoms with Gasteiger partial charge < -0.3 is 5.32 Å². The number of aromatic nitrogens is 2. The van der Waals surface area contributed by atoms with Crippen LogP contribution in [0.15, 0.2) is 5.03 Å². The van der Waals surface area contributed by atoms with Crippen molar-refractivity contribution >= 4 is 17.6 Å². The lowest BCUT2D eigenvalue weighted by Gasteiger charge is -2.20. The summed E-state index contributed by atoms with van der Waals surface area (Å²) in [7, 11) is 0. The fourth-order valence-electron chi connectivity index (χ4n) is 1.45. The van der Waals surface area contributed by atoms with Crippen LogP contribution in [-0.4, -0.2) is 22.3 Å². The van der Waals surface area contributed by atoms with Gasteiger partial charge in [0.25, 0.3) is 0 Å². The normalized spacial score (nSPS) is 11.6. The Hall–Kier alpha value is -0.770. The molecule has 0 aliphatic rings. The zero-order valence-electron chi connectivity index (χ0n) is 11.7. The van der Waals surface area contributed by atoms with Gasteiger partial charge in [0.1, 0.15) is 16.7 Å². The Balaban J connectivity index is 3.26. The smallest absolute Gasteiger partial charge is 0.137 e. The summed E-state index contributed by atoms with van der Waals surface area (Å²) in [5.41, 5.74) is 1.15. The van der Waals surface area contributed by atoms with E-state index >= 15 is 0 Å². The van der Waals surface area contributed by atoms with Crippen molar-refractivity contribution in [3.63, 3.8) is 0 Å². The van der Waals surface area contributed by atoms with Crippen LogP contribution in [0.4, 0.5) is 5.82 Å². The van der Waals surface area contributed by atoms with Gasteiger partial charge in [-0.1, -0.05) is 27.7 Å². The lowest BCUT2D eigenvalue weighted by molar-refractivity contribution is 0.538. The van der Waals surface area contributed by atoms with Crippen LogP contribution < -0.4 is 5.32 Å². The number of thioether (sulfide) groups is 1. The van der Waals surface area contributed by atoms with Crippen LogP contribution in [0.2, 0.25) is 0 Å². The van der Waals surface area contributed by atoms with Crippen LogP contribution in [0.1, 0.15) is 46.0 Å². The van der Waals surface area contributed by atoms with Gasteiger partial charge in [-0.05, 0) is 19.6 Å². The molecule has 0 aliphatic carbocycles. The van der Waals surface area contributed by atoms with Crippen molar-refractivity contribution < 1.29 is 0 Å². The summed E-state index contributed by atoms with van der Waals surface area (Å²) >= 11 is 1.78. The second-order valence-electron chi connectivity index (χ2n) is 5.04. The van der Waals surface area contributed by atoms with Crippen molar-refractivity contribution in [1.82, 2.24) is 9.97 Å². The first kappa shape index (κ1) is 14.3. The highest BCUT2D eigenvalue weighted by molar-refractivity contribution is 7.99. The van der Waals surface area contributed by atoms with Gasteiger partial charge in [-0.15, -0.1) is 11.8 Å². The van der Waals surface area contributed by atoms with E-state index in [2.05, 4.69) is 56.8 Å². The summed E-state index contributed by atoms with van der Waals surface area (Å²) in [5, 5.41) is 4.42. The number of nitrogens with one attached hydrogen (secondary N) is 1. The number of anilines is 1. The van der Waals surface area contributed by atoms with Crippen LogP contribution in [0.3, 0.4) is 0 Å². The lowest BCUT2D eigenvalue weighted by atomic mass is 9.95. The third-order valence-corrected chi connectivity index (χ3v) is 3.36. The van der Waals surface area contributed by atoms with E-state index < -0.39 is 0 Å². The maximum Gasteiger partial charge on any atom is 0.137 e. The molecule has 1 N–H and O–H groups in total. The third-order valence-electron chi connectivity index (χ3n) is 2.40. The van der Waals surface area contributed by atoms with Crippen LogP contribution in [-0.2, 0) is 5.41 Å². The fourth-order valence-corrected chi connectivity index (χ4v) is 2.19. The predicted molar refractivity (Wildman–Crippen MR) is 76.0 cm³/mol. The first-order valence-electron chi connectivity index (χ1n) is 6.15. The molecule has 0 aliphatic heterocycles. The highest BCUT2D eigenvalue weighted by Gasteiger charge is 2.20. The number of nitrogens with zero attached hydrogens (tertiary/aromatic N) is 2. The van der Waals surface area contributed by atoms with Crippen molar-refractivity contribution in [2.45, 2.75) is 52.0 Å². The molecular weight excluding hydrogens is 230 g/mol. The highest BCUT2D eigenvalue weighted by atomic mass is 32.2. The molecule has 0 fully saturated rings. The van der Waals surface area contributed by atoms with Crippen molar-refractivity contribution in [1.29, 1.82) is 0 Å². The quantitative estimate of drug-likeness (QED) is 0.657. The SMILES string of the molecule is CCNc1nc(C(C)(C)C)nc(SCC)c1C. The van der Waals surface area contributed by atoms with Crippen LogP contribution in [0.5, 0.6) is 0 Å². The van der Waals surface area contributed by atoms with E-state index in [-0.39, 0.29) is 5.41 Å². The standard InChI is InChI=1S/C13H23N3S/c1-7-14-10-9(3)11(17-8-2)16-12(15-10)13(4,5)6/h7-8H2,1-6H3,(H,14,15,16).